The van der Waals surface area contributed by atoms with Crippen LogP contribution in [0.15, 0.2) is 18.2 Å². The van der Waals surface area contributed by atoms with Crippen LogP contribution in [0.3, 0.4) is 0 Å². The van der Waals surface area contributed by atoms with Gasteiger partial charge in [0.2, 0.25) is 0 Å². The van der Waals surface area contributed by atoms with Crippen molar-refractivity contribution in [3.8, 4) is 0 Å². The van der Waals surface area contributed by atoms with Gasteiger partial charge in [-0.2, -0.15) is 0 Å². The number of esters is 1. The third-order valence-electron chi connectivity index (χ3n) is 2.91. The molecule has 19 heavy (non-hydrogen) atoms. The second kappa shape index (κ2) is 5.09. The van der Waals surface area contributed by atoms with Gasteiger partial charge in [-0.05, 0) is 18.2 Å². The van der Waals surface area contributed by atoms with E-state index in [9.17, 15) is 9.59 Å². The van der Waals surface area contributed by atoms with Crippen molar-refractivity contribution in [2.45, 2.75) is 19.9 Å². The molecule has 0 amide bonds. The van der Waals surface area contributed by atoms with E-state index in [0.717, 1.165) is 11.3 Å². The number of aromatic carboxylic acids is 1. The van der Waals surface area contributed by atoms with Gasteiger partial charge >= 0.3 is 11.9 Å². The van der Waals surface area contributed by atoms with Gasteiger partial charge in [0.1, 0.15) is 12.4 Å². The smallest absolute Gasteiger partial charge is 0.335 e. The summed E-state index contributed by atoms with van der Waals surface area (Å²) in [5, 5.41) is 8.95. The number of nitrogens with zero attached hydrogens (tertiary/aromatic N) is 2. The molecule has 0 aliphatic carbocycles. The van der Waals surface area contributed by atoms with Crippen molar-refractivity contribution in [1.82, 2.24) is 9.55 Å². The number of ether oxygens (including phenoxy) is 1. The first kappa shape index (κ1) is 13.1. The highest BCUT2D eigenvalue weighted by Gasteiger charge is 2.14. The lowest BCUT2D eigenvalue weighted by Gasteiger charge is -2.06. The molecule has 1 aromatic heterocycles. The standard InChI is InChI=1S/C13H14N2O4/c1-3-11-14-9-6-8(13(17)18)4-5-10(9)15(11)7-12(16)19-2/h4-6H,3,7H2,1-2H3,(H,17,18). The monoisotopic (exact) mass is 262 g/mol. The third-order valence-corrected chi connectivity index (χ3v) is 2.91. The Bertz CT molecular complexity index is 645. The van der Waals surface area contributed by atoms with Crippen molar-refractivity contribution in [3.63, 3.8) is 0 Å². The Morgan fingerprint density at radius 2 is 2.16 bits per heavy atom. The van der Waals surface area contributed by atoms with E-state index >= 15 is 0 Å². The first-order valence-corrected chi connectivity index (χ1v) is 5.86. The number of carboxylic acids is 1. The summed E-state index contributed by atoms with van der Waals surface area (Å²) in [4.78, 5) is 26.7. The Labute approximate surface area is 109 Å². The van der Waals surface area contributed by atoms with Gasteiger partial charge in [0.15, 0.2) is 0 Å². The molecule has 0 atom stereocenters. The van der Waals surface area contributed by atoms with Crippen LogP contribution in [-0.4, -0.2) is 33.7 Å². The number of carboxylic acid groups (broad SMARTS) is 1. The Kier molecular flexibility index (Phi) is 3.50. The molecule has 0 saturated carbocycles. The van der Waals surface area contributed by atoms with Crippen molar-refractivity contribution in [3.05, 3.63) is 29.6 Å². The largest absolute Gasteiger partial charge is 0.478 e. The highest BCUT2D eigenvalue weighted by atomic mass is 16.5. The molecule has 1 aromatic carbocycles. The van der Waals surface area contributed by atoms with E-state index in [0.29, 0.717) is 11.9 Å². The molecular weight excluding hydrogens is 248 g/mol. The normalized spacial score (nSPS) is 10.6. The molecule has 0 fully saturated rings. The topological polar surface area (TPSA) is 81.4 Å². The summed E-state index contributed by atoms with van der Waals surface area (Å²) in [6, 6.07) is 4.66. The molecule has 0 saturated heterocycles. The van der Waals surface area contributed by atoms with Crippen LogP contribution in [0.5, 0.6) is 0 Å². The second-order valence-electron chi connectivity index (χ2n) is 4.05. The quantitative estimate of drug-likeness (QED) is 0.844. The van der Waals surface area contributed by atoms with E-state index in [1.165, 1.54) is 19.2 Å². The van der Waals surface area contributed by atoms with Gasteiger partial charge in [-0.1, -0.05) is 6.92 Å². The van der Waals surface area contributed by atoms with Crippen molar-refractivity contribution in [2.75, 3.05) is 7.11 Å². The van der Waals surface area contributed by atoms with Crippen LogP contribution < -0.4 is 0 Å². The molecule has 6 nitrogen and oxygen atoms in total. The van der Waals surface area contributed by atoms with E-state index < -0.39 is 5.97 Å². The minimum absolute atomic E-state index is 0.0720. The average Bonchev–Trinajstić information content (AvgIpc) is 2.75. The number of carbonyl (C=O) groups is 2. The number of methoxy groups -OCH3 is 1. The zero-order valence-corrected chi connectivity index (χ0v) is 10.7. The molecule has 0 radical (unpaired) electrons. The molecule has 0 spiro atoms. The van der Waals surface area contributed by atoms with Gasteiger partial charge in [0.25, 0.3) is 0 Å². The number of benzene rings is 1. The predicted molar refractivity (Wildman–Crippen MR) is 68.1 cm³/mol. The zero-order valence-electron chi connectivity index (χ0n) is 10.7. The summed E-state index contributed by atoms with van der Waals surface area (Å²) in [5.41, 5.74) is 1.48. The van der Waals surface area contributed by atoms with Crippen LogP contribution in [0.1, 0.15) is 23.1 Å². The SMILES string of the molecule is CCc1nc2cc(C(=O)O)ccc2n1CC(=O)OC. The lowest BCUT2D eigenvalue weighted by atomic mass is 10.2. The van der Waals surface area contributed by atoms with Gasteiger partial charge in [-0.25, -0.2) is 9.78 Å². The van der Waals surface area contributed by atoms with Crippen LogP contribution in [0.4, 0.5) is 0 Å². The Hall–Kier alpha value is -2.37. The Morgan fingerprint density at radius 3 is 2.74 bits per heavy atom. The average molecular weight is 262 g/mol. The summed E-state index contributed by atoms with van der Waals surface area (Å²) in [7, 11) is 1.33. The summed E-state index contributed by atoms with van der Waals surface area (Å²) >= 11 is 0. The van der Waals surface area contributed by atoms with E-state index in [-0.39, 0.29) is 18.1 Å². The van der Waals surface area contributed by atoms with Gasteiger partial charge in [0, 0.05) is 6.42 Å². The van der Waals surface area contributed by atoms with Gasteiger partial charge in [-0.3, -0.25) is 4.79 Å². The van der Waals surface area contributed by atoms with Crippen LogP contribution in [-0.2, 0) is 22.5 Å². The number of aryl methyl sites for hydroxylation is 1. The highest BCUT2D eigenvalue weighted by molar-refractivity contribution is 5.92. The second-order valence-corrected chi connectivity index (χ2v) is 4.05. The van der Waals surface area contributed by atoms with E-state index in [2.05, 4.69) is 9.72 Å². The molecule has 0 aliphatic heterocycles. The minimum Gasteiger partial charge on any atom is -0.478 e. The summed E-state index contributed by atoms with van der Waals surface area (Å²) < 4.78 is 6.40. The number of hydrogen-bond donors (Lipinski definition) is 1. The molecule has 1 N–H and O–H groups in total. The fourth-order valence-corrected chi connectivity index (χ4v) is 1.95. The van der Waals surface area contributed by atoms with Crippen LogP contribution in [0, 0.1) is 0 Å². The maximum Gasteiger partial charge on any atom is 0.335 e. The summed E-state index contributed by atoms with van der Waals surface area (Å²) in [6.07, 6.45) is 0.647. The molecule has 1 heterocycles. The van der Waals surface area contributed by atoms with Gasteiger partial charge < -0.3 is 14.4 Å². The molecule has 0 bridgehead atoms. The number of carbonyl (C=O) groups excluding carboxylic acids is 1. The molecular formula is C13H14N2O4. The highest BCUT2D eigenvalue weighted by Crippen LogP contribution is 2.18. The van der Waals surface area contributed by atoms with Crippen LogP contribution >= 0.6 is 0 Å². The molecule has 0 unspecified atom stereocenters. The van der Waals surface area contributed by atoms with Gasteiger partial charge in [-0.15, -0.1) is 0 Å². The fourth-order valence-electron chi connectivity index (χ4n) is 1.95. The lowest BCUT2D eigenvalue weighted by molar-refractivity contribution is -0.141. The maximum absolute atomic E-state index is 11.4. The maximum atomic E-state index is 11.4. The lowest BCUT2D eigenvalue weighted by Crippen LogP contribution is -2.13. The number of aromatic nitrogens is 2. The number of imidazole rings is 1. The predicted octanol–water partition coefficient (Wildman–Crippen LogP) is 1.47. The molecule has 2 aromatic rings. The first-order chi connectivity index (χ1) is 9.06. The number of fused-ring (bicyclic) bond motifs is 1. The van der Waals surface area contributed by atoms with E-state index in [4.69, 9.17) is 5.11 Å². The third kappa shape index (κ3) is 2.42. The van der Waals surface area contributed by atoms with E-state index in [1.54, 1.807) is 10.6 Å². The molecule has 0 aliphatic rings. The van der Waals surface area contributed by atoms with Crippen LogP contribution in [0.2, 0.25) is 0 Å². The minimum atomic E-state index is -0.998. The van der Waals surface area contributed by atoms with E-state index in [1.807, 2.05) is 6.92 Å². The summed E-state index contributed by atoms with van der Waals surface area (Å²) in [6.45, 7) is 2.00. The molecule has 100 valence electrons. The Balaban J connectivity index is 2.55. The summed E-state index contributed by atoms with van der Waals surface area (Å²) in [5.74, 6) is -0.637. The first-order valence-electron chi connectivity index (χ1n) is 5.86. The molecule has 6 heteroatoms. The van der Waals surface area contributed by atoms with Crippen LogP contribution in [0.25, 0.3) is 11.0 Å². The zero-order chi connectivity index (χ0) is 14.0. The number of rotatable bonds is 4. The van der Waals surface area contributed by atoms with Crippen molar-refractivity contribution in [2.24, 2.45) is 0 Å². The van der Waals surface area contributed by atoms with Crippen molar-refractivity contribution >= 4 is 23.0 Å². The Morgan fingerprint density at radius 1 is 1.42 bits per heavy atom. The molecule has 2 rings (SSSR count). The van der Waals surface area contributed by atoms with Gasteiger partial charge in [0.05, 0.1) is 23.7 Å². The fraction of sp³-hybridized carbons (Fsp3) is 0.308. The van der Waals surface area contributed by atoms with Crippen molar-refractivity contribution in [1.29, 1.82) is 0 Å². The van der Waals surface area contributed by atoms with Crippen molar-refractivity contribution < 1.29 is 19.4 Å². The number of hydrogen-bond acceptors (Lipinski definition) is 4.